The molecule has 0 aromatic rings. The first kappa shape index (κ1) is 18.7. The Morgan fingerprint density at radius 2 is 1.52 bits per heavy atom. The van der Waals surface area contributed by atoms with Crippen LogP contribution in [0.3, 0.4) is 0 Å². The number of ketones is 1. The number of piperidine rings is 1. The predicted molar refractivity (Wildman–Crippen MR) is 91.7 cm³/mol. The van der Waals surface area contributed by atoms with Crippen molar-refractivity contribution in [1.29, 1.82) is 0 Å². The van der Waals surface area contributed by atoms with E-state index in [1.54, 1.807) is 0 Å². The Kier molecular flexibility index (Phi) is 9.99. The number of Topliss-reactive ketones (excluding diaryl/α,β-unsaturated/α-hetero) is 1. The maximum Gasteiger partial charge on any atom is 0.140 e. The van der Waals surface area contributed by atoms with Crippen LogP contribution in [-0.2, 0) is 4.79 Å². The van der Waals surface area contributed by atoms with Gasteiger partial charge < -0.3 is 5.32 Å². The van der Waals surface area contributed by atoms with Crippen molar-refractivity contribution in [2.75, 3.05) is 13.1 Å². The molecular formula is C19H37NO. The molecule has 1 rings (SSSR count). The Hall–Kier alpha value is -0.370. The van der Waals surface area contributed by atoms with Gasteiger partial charge in [0.1, 0.15) is 5.78 Å². The van der Waals surface area contributed by atoms with Gasteiger partial charge in [-0.2, -0.15) is 0 Å². The summed E-state index contributed by atoms with van der Waals surface area (Å²) in [7, 11) is 0. The molecule has 2 heteroatoms. The van der Waals surface area contributed by atoms with Crippen LogP contribution in [0.5, 0.6) is 0 Å². The number of hydrogen-bond donors (Lipinski definition) is 1. The molecule has 1 saturated heterocycles. The highest BCUT2D eigenvalue weighted by Crippen LogP contribution is 2.28. The average molecular weight is 296 g/mol. The van der Waals surface area contributed by atoms with E-state index in [9.17, 15) is 4.79 Å². The zero-order chi connectivity index (χ0) is 15.4. The van der Waals surface area contributed by atoms with Gasteiger partial charge in [0.2, 0.25) is 0 Å². The van der Waals surface area contributed by atoms with Gasteiger partial charge in [0.15, 0.2) is 0 Å². The zero-order valence-corrected chi connectivity index (χ0v) is 14.5. The highest BCUT2D eigenvalue weighted by molar-refractivity contribution is 5.84. The number of nitrogens with one attached hydrogen (secondary N) is 1. The Balaban J connectivity index is 1.93. The molecule has 0 aromatic heterocycles. The Bertz CT molecular complexity index is 269. The van der Waals surface area contributed by atoms with E-state index < -0.39 is 0 Å². The van der Waals surface area contributed by atoms with Crippen molar-refractivity contribution in [2.45, 2.75) is 97.3 Å². The van der Waals surface area contributed by atoms with Crippen LogP contribution in [0.1, 0.15) is 97.3 Å². The second-order valence-corrected chi connectivity index (χ2v) is 7.20. The van der Waals surface area contributed by atoms with E-state index in [0.717, 1.165) is 38.8 Å². The van der Waals surface area contributed by atoms with Crippen molar-refractivity contribution in [3.63, 3.8) is 0 Å². The second kappa shape index (κ2) is 11.2. The first-order valence-corrected chi connectivity index (χ1v) is 9.43. The minimum absolute atomic E-state index is 0.0719. The lowest BCUT2D eigenvalue weighted by atomic mass is 9.77. The molecule has 1 N–H and O–H groups in total. The number of hydrogen-bond acceptors (Lipinski definition) is 2. The summed E-state index contributed by atoms with van der Waals surface area (Å²) in [6, 6.07) is 0. The van der Waals surface area contributed by atoms with Gasteiger partial charge in [-0.3, -0.25) is 4.79 Å². The van der Waals surface area contributed by atoms with Crippen molar-refractivity contribution >= 4 is 5.78 Å². The fourth-order valence-electron chi connectivity index (χ4n) is 3.37. The third-order valence-corrected chi connectivity index (χ3v) is 5.03. The molecular weight excluding hydrogens is 258 g/mol. The molecule has 2 nitrogen and oxygen atoms in total. The summed E-state index contributed by atoms with van der Waals surface area (Å²) < 4.78 is 0. The van der Waals surface area contributed by atoms with Gasteiger partial charge in [0.05, 0.1) is 0 Å². The Morgan fingerprint density at radius 3 is 2.05 bits per heavy atom. The van der Waals surface area contributed by atoms with Crippen LogP contribution in [0, 0.1) is 5.41 Å². The zero-order valence-electron chi connectivity index (χ0n) is 14.5. The van der Waals surface area contributed by atoms with Crippen LogP contribution in [0.25, 0.3) is 0 Å². The van der Waals surface area contributed by atoms with E-state index in [1.165, 1.54) is 57.8 Å². The molecule has 1 atom stereocenters. The van der Waals surface area contributed by atoms with Gasteiger partial charge in [-0.1, -0.05) is 71.6 Å². The van der Waals surface area contributed by atoms with Gasteiger partial charge >= 0.3 is 0 Å². The van der Waals surface area contributed by atoms with E-state index in [-0.39, 0.29) is 5.41 Å². The quantitative estimate of drug-likeness (QED) is 0.498. The molecule has 0 bridgehead atoms. The van der Waals surface area contributed by atoms with Crippen molar-refractivity contribution in [1.82, 2.24) is 5.32 Å². The largest absolute Gasteiger partial charge is 0.316 e. The number of rotatable bonds is 12. The molecule has 0 radical (unpaired) electrons. The number of unbranched alkanes of at least 4 members (excludes halogenated alkanes) is 9. The summed E-state index contributed by atoms with van der Waals surface area (Å²) in [5.41, 5.74) is -0.0719. The van der Waals surface area contributed by atoms with E-state index >= 15 is 0 Å². The molecule has 1 fully saturated rings. The lowest BCUT2D eigenvalue weighted by molar-refractivity contribution is -0.128. The third-order valence-electron chi connectivity index (χ3n) is 5.03. The van der Waals surface area contributed by atoms with Crippen LogP contribution >= 0.6 is 0 Å². The van der Waals surface area contributed by atoms with Crippen molar-refractivity contribution < 1.29 is 4.79 Å². The molecule has 0 aromatic carbocycles. The van der Waals surface area contributed by atoms with Crippen LogP contribution in [0.2, 0.25) is 0 Å². The maximum absolute atomic E-state index is 12.3. The summed E-state index contributed by atoms with van der Waals surface area (Å²) in [5, 5.41) is 3.37. The van der Waals surface area contributed by atoms with Gasteiger partial charge in [-0.15, -0.1) is 0 Å². The molecule has 0 spiro atoms. The Morgan fingerprint density at radius 1 is 0.952 bits per heavy atom. The molecule has 0 aliphatic carbocycles. The molecule has 1 aliphatic heterocycles. The van der Waals surface area contributed by atoms with E-state index in [0.29, 0.717) is 5.78 Å². The fraction of sp³-hybridized carbons (Fsp3) is 0.947. The summed E-state index contributed by atoms with van der Waals surface area (Å²) in [6.07, 6.45) is 16.4. The Labute approximate surface area is 132 Å². The standard InChI is InChI=1S/C19H37NO/c1-3-4-5-6-7-8-9-10-11-12-14-18(21)19(2)15-13-16-20-17-19/h20H,3-17H2,1-2H3. The summed E-state index contributed by atoms with van der Waals surface area (Å²) >= 11 is 0. The lowest BCUT2D eigenvalue weighted by Gasteiger charge is -2.32. The van der Waals surface area contributed by atoms with Crippen LogP contribution in [0.4, 0.5) is 0 Å². The molecule has 0 saturated carbocycles. The SMILES string of the molecule is CCCCCCCCCCCCC(=O)C1(C)CCCNC1. The van der Waals surface area contributed by atoms with Crippen LogP contribution < -0.4 is 5.32 Å². The smallest absolute Gasteiger partial charge is 0.140 e. The van der Waals surface area contributed by atoms with Crippen LogP contribution in [0.15, 0.2) is 0 Å². The van der Waals surface area contributed by atoms with Gasteiger partial charge in [-0.05, 0) is 25.8 Å². The van der Waals surface area contributed by atoms with Crippen molar-refractivity contribution in [2.24, 2.45) is 5.41 Å². The average Bonchev–Trinajstić information content (AvgIpc) is 2.49. The molecule has 1 heterocycles. The van der Waals surface area contributed by atoms with Gasteiger partial charge in [-0.25, -0.2) is 0 Å². The number of carbonyl (C=O) groups excluding carboxylic acids is 1. The maximum atomic E-state index is 12.3. The second-order valence-electron chi connectivity index (χ2n) is 7.20. The summed E-state index contributed by atoms with van der Waals surface area (Å²) in [5.74, 6) is 0.495. The van der Waals surface area contributed by atoms with E-state index in [1.807, 2.05) is 0 Å². The lowest BCUT2D eigenvalue weighted by Crippen LogP contribution is -2.43. The molecule has 21 heavy (non-hydrogen) atoms. The monoisotopic (exact) mass is 295 g/mol. The first-order valence-electron chi connectivity index (χ1n) is 9.43. The highest BCUT2D eigenvalue weighted by atomic mass is 16.1. The van der Waals surface area contributed by atoms with Crippen molar-refractivity contribution in [3.05, 3.63) is 0 Å². The fourth-order valence-corrected chi connectivity index (χ4v) is 3.37. The molecule has 1 aliphatic rings. The first-order chi connectivity index (χ1) is 10.2. The van der Waals surface area contributed by atoms with Crippen LogP contribution in [-0.4, -0.2) is 18.9 Å². The van der Waals surface area contributed by atoms with Gasteiger partial charge in [0.25, 0.3) is 0 Å². The minimum Gasteiger partial charge on any atom is -0.316 e. The molecule has 0 amide bonds. The van der Waals surface area contributed by atoms with Gasteiger partial charge in [0, 0.05) is 18.4 Å². The van der Waals surface area contributed by atoms with E-state index in [4.69, 9.17) is 0 Å². The molecule has 124 valence electrons. The third kappa shape index (κ3) is 7.99. The van der Waals surface area contributed by atoms with E-state index in [2.05, 4.69) is 19.2 Å². The minimum atomic E-state index is -0.0719. The topological polar surface area (TPSA) is 29.1 Å². The normalized spacial score (nSPS) is 22.4. The summed E-state index contributed by atoms with van der Waals surface area (Å²) in [4.78, 5) is 12.3. The molecule has 1 unspecified atom stereocenters. The number of carbonyl (C=O) groups is 1. The van der Waals surface area contributed by atoms with Crippen molar-refractivity contribution in [3.8, 4) is 0 Å². The summed E-state index contributed by atoms with van der Waals surface area (Å²) in [6.45, 7) is 6.40. The highest BCUT2D eigenvalue weighted by Gasteiger charge is 2.33. The predicted octanol–water partition coefficient (Wildman–Crippen LogP) is 5.26.